The standard InChI is InChI=1S/C18H27ClN2O2/c1-18(2,3)17(22)20-15-8-10-21(11-9-15)12-13-23-16-6-4-14(19)5-7-16/h4-7,15H,8-13H2,1-3H3,(H,20,22). The topological polar surface area (TPSA) is 41.6 Å². The molecule has 0 aliphatic carbocycles. The van der Waals surface area contributed by atoms with Gasteiger partial charge in [0.05, 0.1) is 0 Å². The molecule has 0 radical (unpaired) electrons. The maximum absolute atomic E-state index is 12.0. The normalized spacial score (nSPS) is 17.0. The first kappa shape index (κ1) is 18.1. The Kier molecular flexibility index (Phi) is 6.31. The molecule has 2 rings (SSSR count). The molecule has 1 aliphatic heterocycles. The van der Waals surface area contributed by atoms with Gasteiger partial charge in [0.2, 0.25) is 5.91 Å². The van der Waals surface area contributed by atoms with Gasteiger partial charge in [-0.3, -0.25) is 9.69 Å². The lowest BCUT2D eigenvalue weighted by molar-refractivity contribution is -0.129. The van der Waals surface area contributed by atoms with Crippen LogP contribution in [0.4, 0.5) is 0 Å². The number of benzene rings is 1. The van der Waals surface area contributed by atoms with Crippen molar-refractivity contribution >= 4 is 17.5 Å². The van der Waals surface area contributed by atoms with Gasteiger partial charge in [0.1, 0.15) is 12.4 Å². The van der Waals surface area contributed by atoms with Crippen molar-refractivity contribution in [3.63, 3.8) is 0 Å². The quantitative estimate of drug-likeness (QED) is 0.895. The zero-order valence-electron chi connectivity index (χ0n) is 14.3. The number of ether oxygens (including phenoxy) is 1. The van der Waals surface area contributed by atoms with Gasteiger partial charge in [-0.15, -0.1) is 0 Å². The van der Waals surface area contributed by atoms with Gasteiger partial charge < -0.3 is 10.1 Å². The second kappa shape index (κ2) is 8.02. The number of likely N-dealkylation sites (tertiary alicyclic amines) is 1. The minimum Gasteiger partial charge on any atom is -0.492 e. The lowest BCUT2D eigenvalue weighted by Crippen LogP contribution is -2.48. The first-order valence-electron chi connectivity index (χ1n) is 8.26. The van der Waals surface area contributed by atoms with Crippen molar-refractivity contribution in [1.82, 2.24) is 10.2 Å². The molecule has 1 aromatic rings. The lowest BCUT2D eigenvalue weighted by atomic mass is 9.94. The van der Waals surface area contributed by atoms with E-state index in [0.29, 0.717) is 12.6 Å². The van der Waals surface area contributed by atoms with Gasteiger partial charge in [-0.2, -0.15) is 0 Å². The van der Waals surface area contributed by atoms with Crippen LogP contribution in [0.15, 0.2) is 24.3 Å². The average molecular weight is 339 g/mol. The van der Waals surface area contributed by atoms with E-state index in [1.807, 2.05) is 45.0 Å². The number of piperidine rings is 1. The van der Waals surface area contributed by atoms with Crippen molar-refractivity contribution in [3.8, 4) is 5.75 Å². The third-order valence-corrected chi connectivity index (χ3v) is 4.35. The van der Waals surface area contributed by atoms with Gasteiger partial charge in [-0.1, -0.05) is 32.4 Å². The van der Waals surface area contributed by atoms with E-state index in [1.165, 1.54) is 0 Å². The first-order valence-corrected chi connectivity index (χ1v) is 8.64. The SMILES string of the molecule is CC(C)(C)C(=O)NC1CCN(CCOc2ccc(Cl)cc2)CC1. The van der Waals surface area contributed by atoms with Crippen LogP contribution in [0.1, 0.15) is 33.6 Å². The van der Waals surface area contributed by atoms with E-state index in [1.54, 1.807) is 0 Å². The number of hydrogen-bond acceptors (Lipinski definition) is 3. The molecule has 0 saturated carbocycles. The molecule has 4 nitrogen and oxygen atoms in total. The van der Waals surface area contributed by atoms with Crippen molar-refractivity contribution in [3.05, 3.63) is 29.3 Å². The molecule has 1 aromatic carbocycles. The third-order valence-electron chi connectivity index (χ3n) is 4.09. The molecule has 1 saturated heterocycles. The Hall–Kier alpha value is -1.26. The minimum absolute atomic E-state index is 0.141. The molecule has 1 fully saturated rings. The van der Waals surface area contributed by atoms with E-state index in [9.17, 15) is 4.79 Å². The molecular formula is C18H27ClN2O2. The van der Waals surface area contributed by atoms with Gasteiger partial charge in [0.25, 0.3) is 0 Å². The van der Waals surface area contributed by atoms with E-state index in [-0.39, 0.29) is 11.3 Å². The Bertz CT molecular complexity index is 503. The van der Waals surface area contributed by atoms with Crippen molar-refractivity contribution in [2.75, 3.05) is 26.2 Å². The molecule has 1 heterocycles. The summed E-state index contributed by atoms with van der Waals surface area (Å²) in [4.78, 5) is 14.4. The largest absolute Gasteiger partial charge is 0.492 e. The molecule has 128 valence electrons. The fourth-order valence-corrected chi connectivity index (χ4v) is 2.65. The van der Waals surface area contributed by atoms with Gasteiger partial charge >= 0.3 is 0 Å². The van der Waals surface area contributed by atoms with E-state index >= 15 is 0 Å². The summed E-state index contributed by atoms with van der Waals surface area (Å²) in [6.07, 6.45) is 2.01. The lowest BCUT2D eigenvalue weighted by Gasteiger charge is -2.33. The Morgan fingerprint density at radius 1 is 1.26 bits per heavy atom. The number of rotatable bonds is 5. The summed E-state index contributed by atoms with van der Waals surface area (Å²) in [6.45, 7) is 9.42. The number of halogens is 1. The number of hydrogen-bond donors (Lipinski definition) is 1. The number of amides is 1. The fraction of sp³-hybridized carbons (Fsp3) is 0.611. The van der Waals surface area contributed by atoms with Crippen molar-refractivity contribution in [1.29, 1.82) is 0 Å². The van der Waals surface area contributed by atoms with Crippen LogP contribution in [-0.4, -0.2) is 43.1 Å². The van der Waals surface area contributed by atoms with E-state index in [2.05, 4.69) is 10.2 Å². The van der Waals surface area contributed by atoms with Crippen LogP contribution >= 0.6 is 11.6 Å². The third kappa shape index (κ3) is 6.04. The molecule has 0 unspecified atom stereocenters. The summed E-state index contributed by atoms with van der Waals surface area (Å²) < 4.78 is 5.73. The zero-order chi connectivity index (χ0) is 16.9. The highest BCUT2D eigenvalue weighted by Crippen LogP contribution is 2.17. The summed E-state index contributed by atoms with van der Waals surface area (Å²) >= 11 is 5.85. The molecule has 0 bridgehead atoms. The number of nitrogens with zero attached hydrogens (tertiary/aromatic N) is 1. The maximum atomic E-state index is 12.0. The fourth-order valence-electron chi connectivity index (χ4n) is 2.53. The Labute approximate surface area is 144 Å². The molecule has 5 heteroatoms. The highest BCUT2D eigenvalue weighted by Gasteiger charge is 2.26. The van der Waals surface area contributed by atoms with Crippen LogP contribution in [0, 0.1) is 5.41 Å². The molecule has 1 aliphatic rings. The molecule has 23 heavy (non-hydrogen) atoms. The summed E-state index contributed by atoms with van der Waals surface area (Å²) in [7, 11) is 0. The maximum Gasteiger partial charge on any atom is 0.225 e. The second-order valence-corrected chi connectivity index (χ2v) is 7.58. The van der Waals surface area contributed by atoms with Crippen LogP contribution < -0.4 is 10.1 Å². The Balaban J connectivity index is 1.65. The molecular weight excluding hydrogens is 312 g/mol. The average Bonchev–Trinajstić information content (AvgIpc) is 2.50. The predicted octanol–water partition coefficient (Wildman–Crippen LogP) is 3.35. The van der Waals surface area contributed by atoms with Crippen LogP contribution in [0.2, 0.25) is 5.02 Å². The highest BCUT2D eigenvalue weighted by molar-refractivity contribution is 6.30. The van der Waals surface area contributed by atoms with Gasteiger partial charge in [0.15, 0.2) is 0 Å². The summed E-state index contributed by atoms with van der Waals surface area (Å²) in [6, 6.07) is 7.74. The van der Waals surface area contributed by atoms with Crippen LogP contribution in [0.3, 0.4) is 0 Å². The predicted molar refractivity (Wildman–Crippen MR) is 94.0 cm³/mol. The van der Waals surface area contributed by atoms with E-state index < -0.39 is 0 Å². The monoisotopic (exact) mass is 338 g/mol. The van der Waals surface area contributed by atoms with E-state index in [0.717, 1.165) is 43.2 Å². The number of carbonyl (C=O) groups is 1. The number of carbonyl (C=O) groups excluding carboxylic acids is 1. The summed E-state index contributed by atoms with van der Waals surface area (Å²) in [5.74, 6) is 0.990. The zero-order valence-corrected chi connectivity index (χ0v) is 15.0. The smallest absolute Gasteiger partial charge is 0.225 e. The summed E-state index contributed by atoms with van der Waals surface area (Å²) in [5.41, 5.74) is -0.316. The van der Waals surface area contributed by atoms with Gasteiger partial charge in [-0.25, -0.2) is 0 Å². The molecule has 0 aromatic heterocycles. The Morgan fingerprint density at radius 3 is 2.43 bits per heavy atom. The Morgan fingerprint density at radius 2 is 1.87 bits per heavy atom. The minimum atomic E-state index is -0.316. The van der Waals surface area contributed by atoms with Gasteiger partial charge in [0, 0.05) is 36.1 Å². The first-order chi connectivity index (χ1) is 10.8. The van der Waals surface area contributed by atoms with E-state index in [4.69, 9.17) is 16.3 Å². The second-order valence-electron chi connectivity index (χ2n) is 7.14. The van der Waals surface area contributed by atoms with Crippen molar-refractivity contribution in [2.24, 2.45) is 5.41 Å². The highest BCUT2D eigenvalue weighted by atomic mass is 35.5. The van der Waals surface area contributed by atoms with Gasteiger partial charge in [-0.05, 0) is 37.1 Å². The van der Waals surface area contributed by atoms with Crippen molar-refractivity contribution < 1.29 is 9.53 Å². The van der Waals surface area contributed by atoms with Crippen LogP contribution in [0.5, 0.6) is 5.75 Å². The summed E-state index contributed by atoms with van der Waals surface area (Å²) in [5, 5.41) is 3.88. The molecule has 1 N–H and O–H groups in total. The van der Waals surface area contributed by atoms with Crippen LogP contribution in [0.25, 0.3) is 0 Å². The molecule has 0 atom stereocenters. The van der Waals surface area contributed by atoms with Crippen molar-refractivity contribution in [2.45, 2.75) is 39.7 Å². The number of nitrogens with one attached hydrogen (secondary N) is 1. The van der Waals surface area contributed by atoms with Crippen LogP contribution in [-0.2, 0) is 4.79 Å². The molecule has 0 spiro atoms. The molecule has 1 amide bonds.